The highest BCUT2D eigenvalue weighted by Gasteiger charge is 2.48. The molecule has 3 aromatic rings. The molecular weight excluding hydrogens is 400 g/mol. The number of nitrogens with zero attached hydrogens (tertiary/aromatic N) is 4. The molecule has 0 bridgehead atoms. The number of aromatic nitrogens is 4. The molecule has 2 aromatic heterocycles. The summed E-state index contributed by atoms with van der Waals surface area (Å²) in [4.78, 5) is 16.7. The van der Waals surface area contributed by atoms with Crippen molar-refractivity contribution in [2.24, 2.45) is 13.0 Å². The fraction of sp³-hybridized carbons (Fsp3) is 0.391. The second-order valence-corrected chi connectivity index (χ2v) is 8.80. The van der Waals surface area contributed by atoms with Gasteiger partial charge in [0.05, 0.1) is 5.41 Å². The molecule has 2 aliphatic rings. The van der Waals surface area contributed by atoms with Gasteiger partial charge in [-0.1, -0.05) is 25.1 Å². The van der Waals surface area contributed by atoms with Crippen molar-refractivity contribution in [3.63, 3.8) is 0 Å². The van der Waals surface area contributed by atoms with E-state index < -0.39 is 11.8 Å². The molecular formula is C23H23F2N5O. The molecule has 2 aliphatic carbocycles. The summed E-state index contributed by atoms with van der Waals surface area (Å²) in [5.74, 6) is -2.02. The summed E-state index contributed by atoms with van der Waals surface area (Å²) in [6, 6.07) is 10.7. The van der Waals surface area contributed by atoms with Gasteiger partial charge in [0, 0.05) is 19.2 Å². The molecule has 2 heterocycles. The normalized spacial score (nSPS) is 23.8. The largest absolute Gasteiger partial charge is 0.321 e. The zero-order valence-corrected chi connectivity index (χ0v) is 17.4. The molecule has 1 N–H and O–H groups in total. The Balaban J connectivity index is 1.43. The maximum absolute atomic E-state index is 14.0. The number of pyridine rings is 1. The average Bonchev–Trinajstić information content (AvgIpc) is 3.28. The van der Waals surface area contributed by atoms with Crippen LogP contribution in [0.3, 0.4) is 0 Å². The molecule has 0 atom stereocenters. The predicted molar refractivity (Wildman–Crippen MR) is 111 cm³/mol. The fourth-order valence-electron chi connectivity index (χ4n) is 5.03. The zero-order chi connectivity index (χ0) is 21.8. The highest BCUT2D eigenvalue weighted by molar-refractivity contribution is 6.03. The summed E-state index contributed by atoms with van der Waals surface area (Å²) in [7, 11) is 1.93. The first-order valence-electron chi connectivity index (χ1n) is 10.4. The second kappa shape index (κ2) is 6.93. The van der Waals surface area contributed by atoms with Crippen LogP contribution in [-0.2, 0) is 24.8 Å². The Kier molecular flexibility index (Phi) is 4.42. The number of anilines is 1. The number of benzene rings is 1. The van der Waals surface area contributed by atoms with Crippen LogP contribution in [0.15, 0.2) is 42.7 Å². The van der Waals surface area contributed by atoms with E-state index in [1.165, 1.54) is 6.07 Å². The van der Waals surface area contributed by atoms with Crippen molar-refractivity contribution in [3.05, 3.63) is 71.1 Å². The lowest BCUT2D eigenvalue weighted by Crippen LogP contribution is -2.43. The number of amides is 1. The zero-order valence-electron chi connectivity index (χ0n) is 17.4. The molecule has 1 aromatic carbocycles. The number of carbonyl (C=O) groups is 1. The van der Waals surface area contributed by atoms with E-state index in [0.717, 1.165) is 24.2 Å². The molecule has 6 nitrogen and oxygen atoms in total. The third-order valence-corrected chi connectivity index (χ3v) is 6.47. The Morgan fingerprint density at radius 1 is 1.23 bits per heavy atom. The smallest absolute Gasteiger partial charge is 0.290 e. The van der Waals surface area contributed by atoms with E-state index in [1.807, 2.05) is 29.8 Å². The molecule has 0 radical (unpaired) electrons. The van der Waals surface area contributed by atoms with E-state index in [1.54, 1.807) is 18.5 Å². The fourth-order valence-corrected chi connectivity index (χ4v) is 5.03. The third-order valence-electron chi connectivity index (χ3n) is 6.47. The SMILES string of the molecule is CC1CC(c2cccc(NC(=O)c3ccc4c(n3)C(F)(F)CC4)c2)(c2nncn2C)C1. The van der Waals surface area contributed by atoms with Crippen LogP contribution >= 0.6 is 0 Å². The lowest BCUT2D eigenvalue weighted by molar-refractivity contribution is -0.00600. The van der Waals surface area contributed by atoms with Gasteiger partial charge in [0.15, 0.2) is 0 Å². The first-order valence-corrected chi connectivity index (χ1v) is 10.4. The minimum atomic E-state index is -2.98. The van der Waals surface area contributed by atoms with E-state index in [-0.39, 0.29) is 29.6 Å². The van der Waals surface area contributed by atoms with Crippen molar-refractivity contribution >= 4 is 11.6 Å². The Bertz CT molecular complexity index is 1170. The molecule has 8 heteroatoms. The van der Waals surface area contributed by atoms with Gasteiger partial charge in [-0.15, -0.1) is 10.2 Å². The van der Waals surface area contributed by atoms with Gasteiger partial charge >= 0.3 is 0 Å². The number of hydrogen-bond donors (Lipinski definition) is 1. The van der Waals surface area contributed by atoms with Crippen LogP contribution in [0.2, 0.25) is 0 Å². The Morgan fingerprint density at radius 3 is 2.74 bits per heavy atom. The van der Waals surface area contributed by atoms with Crippen LogP contribution in [0.25, 0.3) is 0 Å². The van der Waals surface area contributed by atoms with Crippen molar-refractivity contribution in [2.75, 3.05) is 5.32 Å². The molecule has 0 unspecified atom stereocenters. The Hall–Kier alpha value is -3.16. The van der Waals surface area contributed by atoms with Gasteiger partial charge in [-0.3, -0.25) is 4.79 Å². The molecule has 0 aliphatic heterocycles. The van der Waals surface area contributed by atoms with Crippen LogP contribution in [0, 0.1) is 5.92 Å². The van der Waals surface area contributed by atoms with Crippen LogP contribution < -0.4 is 5.32 Å². The minimum Gasteiger partial charge on any atom is -0.321 e. The van der Waals surface area contributed by atoms with Gasteiger partial charge in [-0.25, -0.2) is 4.98 Å². The van der Waals surface area contributed by atoms with Crippen LogP contribution in [-0.4, -0.2) is 25.7 Å². The Labute approximate surface area is 178 Å². The van der Waals surface area contributed by atoms with E-state index in [4.69, 9.17) is 0 Å². The Morgan fingerprint density at radius 2 is 2.03 bits per heavy atom. The number of alkyl halides is 2. The van der Waals surface area contributed by atoms with Crippen molar-refractivity contribution in [1.82, 2.24) is 19.7 Å². The van der Waals surface area contributed by atoms with Crippen molar-refractivity contribution < 1.29 is 13.6 Å². The maximum Gasteiger partial charge on any atom is 0.290 e. The standard InChI is InChI=1S/C23H23F2N5O/c1-14-11-22(12-14,21-29-26-13-30(21)2)16-4-3-5-17(10-16)27-20(31)18-7-6-15-8-9-23(24,25)19(15)28-18/h3-7,10,13-14H,8-9,11-12H2,1-2H3,(H,27,31). The monoisotopic (exact) mass is 423 g/mol. The predicted octanol–water partition coefficient (Wildman–Crippen LogP) is 4.22. The number of carbonyl (C=O) groups excluding carboxylic acids is 1. The van der Waals surface area contributed by atoms with Gasteiger partial charge in [-0.05, 0) is 54.5 Å². The number of fused-ring (bicyclic) bond motifs is 1. The quantitative estimate of drug-likeness (QED) is 0.682. The number of aryl methyl sites for hydroxylation is 2. The summed E-state index contributed by atoms with van der Waals surface area (Å²) in [6.07, 6.45) is 3.60. The van der Waals surface area contributed by atoms with Gasteiger partial charge in [0.2, 0.25) is 0 Å². The summed E-state index contributed by atoms with van der Waals surface area (Å²) in [6.45, 7) is 2.20. The van der Waals surface area contributed by atoms with E-state index in [2.05, 4.69) is 27.4 Å². The van der Waals surface area contributed by atoms with E-state index >= 15 is 0 Å². The lowest BCUT2D eigenvalue weighted by Gasteiger charge is -2.46. The van der Waals surface area contributed by atoms with Crippen molar-refractivity contribution in [1.29, 1.82) is 0 Å². The number of hydrogen-bond acceptors (Lipinski definition) is 4. The number of halogens is 2. The molecule has 1 saturated carbocycles. The van der Waals surface area contributed by atoms with Gasteiger partial charge in [0.25, 0.3) is 11.8 Å². The molecule has 1 fully saturated rings. The van der Waals surface area contributed by atoms with Crippen molar-refractivity contribution in [2.45, 2.75) is 43.9 Å². The topological polar surface area (TPSA) is 72.7 Å². The van der Waals surface area contributed by atoms with Crippen molar-refractivity contribution in [3.8, 4) is 0 Å². The molecule has 0 saturated heterocycles. The van der Waals surface area contributed by atoms with E-state index in [9.17, 15) is 13.6 Å². The van der Waals surface area contributed by atoms with Crippen LogP contribution in [0.5, 0.6) is 0 Å². The first-order chi connectivity index (χ1) is 14.8. The molecule has 0 spiro atoms. The first kappa shape index (κ1) is 19.8. The lowest BCUT2D eigenvalue weighted by atomic mass is 9.58. The summed E-state index contributed by atoms with van der Waals surface area (Å²) < 4.78 is 30.0. The van der Waals surface area contributed by atoms with Gasteiger partial charge in [-0.2, -0.15) is 8.78 Å². The third kappa shape index (κ3) is 3.21. The number of rotatable bonds is 4. The summed E-state index contributed by atoms with van der Waals surface area (Å²) in [5.41, 5.74) is 1.61. The molecule has 31 heavy (non-hydrogen) atoms. The molecule has 5 rings (SSSR count). The second-order valence-electron chi connectivity index (χ2n) is 8.80. The molecule has 1 amide bonds. The molecule has 160 valence electrons. The highest BCUT2D eigenvalue weighted by Crippen LogP contribution is 2.51. The van der Waals surface area contributed by atoms with Gasteiger partial charge in [0.1, 0.15) is 23.5 Å². The van der Waals surface area contributed by atoms with Crippen LogP contribution in [0.1, 0.15) is 59.3 Å². The summed E-state index contributed by atoms with van der Waals surface area (Å²) in [5, 5.41) is 11.2. The highest BCUT2D eigenvalue weighted by atomic mass is 19.3. The number of nitrogens with one attached hydrogen (secondary N) is 1. The minimum absolute atomic E-state index is 0.00833. The average molecular weight is 423 g/mol. The van der Waals surface area contributed by atoms with Gasteiger partial charge < -0.3 is 9.88 Å². The maximum atomic E-state index is 14.0. The van der Waals surface area contributed by atoms with Crippen LogP contribution in [0.4, 0.5) is 14.5 Å². The van der Waals surface area contributed by atoms with E-state index in [0.29, 0.717) is 17.2 Å². The summed E-state index contributed by atoms with van der Waals surface area (Å²) >= 11 is 0.